The molecule has 0 atom stereocenters. The van der Waals surface area contributed by atoms with Gasteiger partial charge in [-0.15, -0.1) is 0 Å². The van der Waals surface area contributed by atoms with Gasteiger partial charge in [0.15, 0.2) is 0 Å². The Morgan fingerprint density at radius 3 is 1.54 bits per heavy atom. The third-order valence-corrected chi connectivity index (χ3v) is 5.67. The molecule has 0 rings (SSSR count). The van der Waals surface area contributed by atoms with Gasteiger partial charge < -0.3 is 4.74 Å². The smallest absolute Gasteiger partial charge is 0.305 e. The van der Waals surface area contributed by atoms with Gasteiger partial charge in [-0.05, 0) is 18.8 Å². The molecule has 168 valence electrons. The zero-order valence-corrected chi connectivity index (χ0v) is 19.7. The van der Waals surface area contributed by atoms with Gasteiger partial charge in [0.25, 0.3) is 0 Å². The Bertz CT molecular complexity index is 312. The van der Waals surface area contributed by atoms with Crippen molar-refractivity contribution in [3.63, 3.8) is 0 Å². The summed E-state index contributed by atoms with van der Waals surface area (Å²) in [7, 11) is 0. The molecular weight excluding hydrogens is 344 g/mol. The molecule has 0 saturated carbocycles. The van der Waals surface area contributed by atoms with Gasteiger partial charge >= 0.3 is 5.97 Å². The lowest BCUT2D eigenvalue weighted by Gasteiger charge is -2.06. The van der Waals surface area contributed by atoms with Crippen molar-refractivity contribution in [1.29, 1.82) is 0 Å². The summed E-state index contributed by atoms with van der Waals surface area (Å²) in [5, 5.41) is 0. The molecular formula is C26H52O2. The summed E-state index contributed by atoms with van der Waals surface area (Å²) in [5.74, 6) is 0.842. The first-order valence-electron chi connectivity index (χ1n) is 12.8. The molecule has 0 aromatic carbocycles. The van der Waals surface area contributed by atoms with Crippen LogP contribution in [-0.4, -0.2) is 12.6 Å². The Hall–Kier alpha value is -0.530. The normalized spacial score (nSPS) is 11.3. The van der Waals surface area contributed by atoms with Gasteiger partial charge in [0.2, 0.25) is 0 Å². The number of carbonyl (C=O) groups is 1. The molecule has 0 spiro atoms. The van der Waals surface area contributed by atoms with Crippen LogP contribution in [0, 0.1) is 5.92 Å². The molecule has 0 bridgehead atoms. The summed E-state index contributed by atoms with van der Waals surface area (Å²) in [6.45, 7) is 7.48. The van der Waals surface area contributed by atoms with Gasteiger partial charge in [0.05, 0.1) is 6.61 Å². The number of hydrogen-bond donors (Lipinski definition) is 0. The van der Waals surface area contributed by atoms with Crippen molar-refractivity contribution in [2.75, 3.05) is 6.61 Å². The predicted molar refractivity (Wildman–Crippen MR) is 124 cm³/mol. The Morgan fingerprint density at radius 1 is 0.607 bits per heavy atom. The third-order valence-electron chi connectivity index (χ3n) is 5.67. The van der Waals surface area contributed by atoms with E-state index in [1.54, 1.807) is 0 Å². The molecule has 28 heavy (non-hydrogen) atoms. The van der Waals surface area contributed by atoms with Crippen molar-refractivity contribution in [2.24, 2.45) is 5.92 Å². The maximum atomic E-state index is 11.7. The minimum Gasteiger partial charge on any atom is -0.466 e. The average Bonchev–Trinajstić information content (AvgIpc) is 2.67. The van der Waals surface area contributed by atoms with Crippen molar-refractivity contribution in [3.05, 3.63) is 0 Å². The molecule has 0 aliphatic carbocycles. The van der Waals surface area contributed by atoms with E-state index in [4.69, 9.17) is 4.74 Å². The van der Waals surface area contributed by atoms with Gasteiger partial charge in [0, 0.05) is 6.42 Å². The standard InChI is InChI=1S/C26H52O2/c1-4-5-6-7-8-9-10-11-12-13-14-17-20-23-26(27)28-24-21-18-15-16-19-22-25(2)3/h25H,4-24H2,1-3H3. The number of unbranched alkanes of at least 4 members (excludes halogenated alkanes) is 16. The zero-order chi connectivity index (χ0) is 20.7. The lowest BCUT2D eigenvalue weighted by atomic mass is 10.0. The van der Waals surface area contributed by atoms with E-state index in [-0.39, 0.29) is 5.97 Å². The highest BCUT2D eigenvalue weighted by Crippen LogP contribution is 2.13. The molecule has 0 heterocycles. The van der Waals surface area contributed by atoms with E-state index in [9.17, 15) is 4.79 Å². The van der Waals surface area contributed by atoms with E-state index >= 15 is 0 Å². The highest BCUT2D eigenvalue weighted by molar-refractivity contribution is 5.69. The Balaban J connectivity index is 3.15. The molecule has 0 unspecified atom stereocenters. The largest absolute Gasteiger partial charge is 0.466 e. The second-order valence-electron chi connectivity index (χ2n) is 9.16. The van der Waals surface area contributed by atoms with Crippen LogP contribution < -0.4 is 0 Å². The van der Waals surface area contributed by atoms with Crippen molar-refractivity contribution >= 4 is 5.97 Å². The van der Waals surface area contributed by atoms with E-state index < -0.39 is 0 Å². The minimum absolute atomic E-state index is 0.0166. The fourth-order valence-corrected chi connectivity index (χ4v) is 3.73. The maximum Gasteiger partial charge on any atom is 0.305 e. The van der Waals surface area contributed by atoms with Crippen LogP contribution in [0.4, 0.5) is 0 Å². The highest BCUT2D eigenvalue weighted by Gasteiger charge is 2.02. The second kappa shape index (κ2) is 22.8. The molecule has 0 fully saturated rings. The van der Waals surface area contributed by atoms with Gasteiger partial charge in [-0.2, -0.15) is 0 Å². The molecule has 0 aromatic rings. The fourth-order valence-electron chi connectivity index (χ4n) is 3.73. The van der Waals surface area contributed by atoms with E-state index in [1.807, 2.05) is 0 Å². The summed E-state index contributed by atoms with van der Waals surface area (Å²) in [6.07, 6.45) is 25.6. The van der Waals surface area contributed by atoms with E-state index in [2.05, 4.69) is 20.8 Å². The fraction of sp³-hybridized carbons (Fsp3) is 0.962. The SMILES string of the molecule is CCCCCCCCCCCCCCCC(=O)OCCCCCCCC(C)C. The first kappa shape index (κ1) is 27.5. The van der Waals surface area contributed by atoms with Gasteiger partial charge in [0.1, 0.15) is 0 Å². The van der Waals surface area contributed by atoms with E-state index in [0.29, 0.717) is 13.0 Å². The molecule has 2 heteroatoms. The molecule has 0 aromatic heterocycles. The van der Waals surface area contributed by atoms with Crippen LogP contribution in [0.25, 0.3) is 0 Å². The topological polar surface area (TPSA) is 26.3 Å². The summed E-state index contributed by atoms with van der Waals surface area (Å²) in [6, 6.07) is 0. The van der Waals surface area contributed by atoms with Gasteiger partial charge in [-0.1, -0.05) is 130 Å². The molecule has 0 radical (unpaired) electrons. The monoisotopic (exact) mass is 396 g/mol. The van der Waals surface area contributed by atoms with Crippen LogP contribution >= 0.6 is 0 Å². The second-order valence-corrected chi connectivity index (χ2v) is 9.16. The maximum absolute atomic E-state index is 11.7. The van der Waals surface area contributed by atoms with Crippen LogP contribution in [-0.2, 0) is 9.53 Å². The van der Waals surface area contributed by atoms with E-state index in [0.717, 1.165) is 18.8 Å². The molecule has 0 saturated heterocycles. The Morgan fingerprint density at radius 2 is 1.04 bits per heavy atom. The van der Waals surface area contributed by atoms with Gasteiger partial charge in [-0.3, -0.25) is 4.79 Å². The van der Waals surface area contributed by atoms with Crippen molar-refractivity contribution in [1.82, 2.24) is 0 Å². The lowest BCUT2D eigenvalue weighted by molar-refractivity contribution is -0.143. The van der Waals surface area contributed by atoms with Crippen molar-refractivity contribution < 1.29 is 9.53 Å². The Kier molecular flexibility index (Phi) is 22.3. The predicted octanol–water partition coefficient (Wildman–Crippen LogP) is 9.01. The summed E-state index contributed by atoms with van der Waals surface area (Å²) in [5.41, 5.74) is 0. The molecule has 0 N–H and O–H groups in total. The van der Waals surface area contributed by atoms with Crippen LogP contribution in [0.3, 0.4) is 0 Å². The number of esters is 1. The molecule has 0 amide bonds. The van der Waals surface area contributed by atoms with Crippen molar-refractivity contribution in [2.45, 2.75) is 149 Å². The summed E-state index contributed by atoms with van der Waals surface area (Å²) >= 11 is 0. The highest BCUT2D eigenvalue weighted by atomic mass is 16.5. The van der Waals surface area contributed by atoms with Crippen LogP contribution in [0.5, 0.6) is 0 Å². The van der Waals surface area contributed by atoms with Crippen LogP contribution in [0.1, 0.15) is 149 Å². The number of hydrogen-bond acceptors (Lipinski definition) is 2. The number of carbonyl (C=O) groups excluding carboxylic acids is 1. The first-order chi connectivity index (χ1) is 13.7. The van der Waals surface area contributed by atoms with E-state index in [1.165, 1.54) is 109 Å². The third kappa shape index (κ3) is 23.5. The first-order valence-corrected chi connectivity index (χ1v) is 12.8. The average molecular weight is 397 g/mol. The zero-order valence-electron chi connectivity index (χ0n) is 19.7. The quantitative estimate of drug-likeness (QED) is 0.135. The number of rotatable bonds is 22. The van der Waals surface area contributed by atoms with Crippen molar-refractivity contribution in [3.8, 4) is 0 Å². The molecule has 0 aliphatic heterocycles. The minimum atomic E-state index is 0.0166. The van der Waals surface area contributed by atoms with Crippen LogP contribution in [0.2, 0.25) is 0 Å². The molecule has 0 aliphatic rings. The summed E-state index contributed by atoms with van der Waals surface area (Å²) in [4.78, 5) is 11.7. The van der Waals surface area contributed by atoms with Gasteiger partial charge in [-0.25, -0.2) is 0 Å². The summed E-state index contributed by atoms with van der Waals surface area (Å²) < 4.78 is 5.35. The lowest BCUT2D eigenvalue weighted by Crippen LogP contribution is -2.05. The number of ether oxygens (including phenoxy) is 1. The Labute approximate surface area is 177 Å². The molecule has 2 nitrogen and oxygen atoms in total. The van der Waals surface area contributed by atoms with Crippen LogP contribution in [0.15, 0.2) is 0 Å².